The molecule has 1 atom stereocenters. The van der Waals surface area contributed by atoms with E-state index in [0.717, 1.165) is 6.04 Å². The van der Waals surface area contributed by atoms with E-state index in [1.54, 1.807) is 0 Å². The van der Waals surface area contributed by atoms with E-state index in [2.05, 4.69) is 25.2 Å². The van der Waals surface area contributed by atoms with Crippen molar-refractivity contribution < 1.29 is 0 Å². The van der Waals surface area contributed by atoms with Crippen LogP contribution in [0.4, 0.5) is 0 Å². The van der Waals surface area contributed by atoms with Crippen LogP contribution in [0.5, 0.6) is 0 Å². The highest BCUT2D eigenvalue weighted by Gasteiger charge is 2.22. The monoisotopic (exact) mass is 126 g/mol. The van der Waals surface area contributed by atoms with Crippen LogP contribution < -0.4 is 0 Å². The minimum Gasteiger partial charge on any atom is -0.301 e. The molecule has 0 heterocycles. The average molecular weight is 126 g/mol. The maximum atomic E-state index is 2.50. The average Bonchev–Trinajstić information content (AvgIpc) is 1.78. The molecule has 53 valence electrons. The summed E-state index contributed by atoms with van der Waals surface area (Å²) in [5.74, 6) is 0. The van der Waals surface area contributed by atoms with E-state index in [1.807, 2.05) is 0 Å². The lowest BCUT2D eigenvalue weighted by Crippen LogP contribution is -2.40. The van der Waals surface area contributed by atoms with Crippen molar-refractivity contribution in [2.45, 2.75) is 32.7 Å². The highest BCUT2D eigenvalue weighted by atomic mass is 15.1. The number of rotatable bonds is 3. The Labute approximate surface area is 58.0 Å². The van der Waals surface area contributed by atoms with Crippen LogP contribution in [0.1, 0.15) is 26.7 Å². The second-order valence-corrected chi connectivity index (χ2v) is 2.60. The van der Waals surface area contributed by atoms with Crippen molar-refractivity contribution in [1.29, 1.82) is 0 Å². The van der Waals surface area contributed by atoms with Gasteiger partial charge in [-0.1, -0.05) is 13.8 Å². The number of hydrogen-bond acceptors (Lipinski definition) is 1. The van der Waals surface area contributed by atoms with Gasteiger partial charge >= 0.3 is 0 Å². The summed E-state index contributed by atoms with van der Waals surface area (Å²) >= 11 is 0. The van der Waals surface area contributed by atoms with E-state index in [4.69, 9.17) is 0 Å². The zero-order valence-electron chi connectivity index (χ0n) is 6.43. The Balaban J connectivity index is 2.19. The molecule has 1 rings (SSSR count). The molecule has 0 aromatic heterocycles. The van der Waals surface area contributed by atoms with Crippen LogP contribution in [0.2, 0.25) is 0 Å². The largest absolute Gasteiger partial charge is 0.301 e. The van der Waals surface area contributed by atoms with Gasteiger partial charge in [0, 0.05) is 6.04 Å². The van der Waals surface area contributed by atoms with E-state index in [0.29, 0.717) is 0 Å². The number of hydrogen-bond donors (Lipinski definition) is 0. The molecule has 0 saturated heterocycles. The molecule has 1 aliphatic carbocycles. The highest BCUT2D eigenvalue weighted by molar-refractivity contribution is 4.94. The molecular weight excluding hydrogens is 110 g/mol. The lowest BCUT2D eigenvalue weighted by molar-refractivity contribution is 0.191. The summed E-state index contributed by atoms with van der Waals surface area (Å²) in [6.45, 7) is 6.88. The summed E-state index contributed by atoms with van der Waals surface area (Å²) in [5, 5.41) is 0. The van der Waals surface area contributed by atoms with Gasteiger partial charge in [-0.3, -0.25) is 0 Å². The summed E-state index contributed by atoms with van der Waals surface area (Å²) in [7, 11) is 0. The minimum atomic E-state index is 0.819. The van der Waals surface area contributed by atoms with Crippen LogP contribution >= 0.6 is 0 Å². The summed E-state index contributed by atoms with van der Waals surface area (Å²) < 4.78 is 0. The molecule has 0 aromatic rings. The minimum absolute atomic E-state index is 0.819. The Bertz CT molecular complexity index is 72.6. The van der Waals surface area contributed by atoms with Crippen LogP contribution in [0.15, 0.2) is 0 Å². The summed E-state index contributed by atoms with van der Waals surface area (Å²) in [6.07, 6.45) is 5.13. The van der Waals surface area contributed by atoms with Gasteiger partial charge in [-0.25, -0.2) is 0 Å². The van der Waals surface area contributed by atoms with Gasteiger partial charge in [0.1, 0.15) is 0 Å². The van der Waals surface area contributed by atoms with Gasteiger partial charge in [-0.2, -0.15) is 0 Å². The predicted octanol–water partition coefficient (Wildman–Crippen LogP) is 1.69. The topological polar surface area (TPSA) is 3.24 Å². The summed E-state index contributed by atoms with van der Waals surface area (Å²) in [4.78, 5) is 2.50. The van der Waals surface area contributed by atoms with E-state index in [1.165, 1.54) is 25.9 Å². The lowest BCUT2D eigenvalue weighted by atomic mass is 9.91. The van der Waals surface area contributed by atoms with Crippen molar-refractivity contribution in [2.24, 2.45) is 0 Å². The Morgan fingerprint density at radius 3 is 2.11 bits per heavy atom. The van der Waals surface area contributed by atoms with Crippen molar-refractivity contribution in [3.05, 3.63) is 6.42 Å². The van der Waals surface area contributed by atoms with Gasteiger partial charge in [0.15, 0.2) is 0 Å². The molecule has 0 bridgehead atoms. The van der Waals surface area contributed by atoms with Gasteiger partial charge in [-0.05, 0) is 32.4 Å². The third-order valence-corrected chi connectivity index (χ3v) is 2.18. The normalized spacial score (nSPS) is 20.3. The maximum Gasteiger partial charge on any atom is 0.0127 e. The molecular formula is C8H16N. The van der Waals surface area contributed by atoms with Crippen LogP contribution in [-0.4, -0.2) is 24.0 Å². The Morgan fingerprint density at radius 2 is 2.00 bits per heavy atom. The van der Waals surface area contributed by atoms with Crippen molar-refractivity contribution in [2.75, 3.05) is 13.1 Å². The van der Waals surface area contributed by atoms with E-state index in [9.17, 15) is 0 Å². The van der Waals surface area contributed by atoms with Crippen LogP contribution in [0, 0.1) is 6.42 Å². The number of nitrogens with zero attached hydrogens (tertiary/aromatic N) is 1. The summed E-state index contributed by atoms with van der Waals surface area (Å²) in [6, 6.07) is 0.819. The molecule has 9 heavy (non-hydrogen) atoms. The Hall–Kier alpha value is -0.0400. The third-order valence-electron chi connectivity index (χ3n) is 2.18. The maximum absolute atomic E-state index is 2.50. The molecule has 0 aliphatic heterocycles. The smallest absolute Gasteiger partial charge is 0.0127 e. The Kier molecular flexibility index (Phi) is 2.52. The first-order valence-corrected chi connectivity index (χ1v) is 3.95. The highest BCUT2D eigenvalue weighted by Crippen LogP contribution is 2.22. The van der Waals surface area contributed by atoms with Crippen LogP contribution in [-0.2, 0) is 0 Å². The van der Waals surface area contributed by atoms with Crippen molar-refractivity contribution in [1.82, 2.24) is 4.90 Å². The molecule has 1 saturated carbocycles. The quantitative estimate of drug-likeness (QED) is 0.556. The second kappa shape index (κ2) is 3.21. The standard InChI is InChI=1S/C8H16N/c1-3-9(4-2)8-6-5-7-8/h6,8H,3-5,7H2,1-2H3. The molecule has 1 nitrogen and oxygen atoms in total. The summed E-state index contributed by atoms with van der Waals surface area (Å²) in [5.41, 5.74) is 0. The van der Waals surface area contributed by atoms with Gasteiger partial charge in [-0.15, -0.1) is 0 Å². The van der Waals surface area contributed by atoms with Gasteiger partial charge in [0.05, 0.1) is 0 Å². The van der Waals surface area contributed by atoms with E-state index in [-0.39, 0.29) is 0 Å². The molecule has 1 heteroatoms. The predicted molar refractivity (Wildman–Crippen MR) is 40.2 cm³/mol. The molecule has 1 radical (unpaired) electrons. The van der Waals surface area contributed by atoms with E-state index < -0.39 is 0 Å². The third kappa shape index (κ3) is 1.45. The SMILES string of the molecule is CCN(CC)C1[CH]CC1. The second-order valence-electron chi connectivity index (χ2n) is 2.60. The van der Waals surface area contributed by atoms with Crippen molar-refractivity contribution in [3.8, 4) is 0 Å². The first kappa shape index (κ1) is 7.07. The Morgan fingerprint density at radius 1 is 1.44 bits per heavy atom. The van der Waals surface area contributed by atoms with Crippen molar-refractivity contribution in [3.63, 3.8) is 0 Å². The van der Waals surface area contributed by atoms with Gasteiger partial charge in [0.2, 0.25) is 0 Å². The molecule has 1 aliphatic rings. The lowest BCUT2D eigenvalue weighted by Gasteiger charge is -2.35. The first-order valence-electron chi connectivity index (χ1n) is 3.95. The van der Waals surface area contributed by atoms with Gasteiger partial charge in [0.25, 0.3) is 0 Å². The first-order chi connectivity index (χ1) is 4.38. The molecule has 0 spiro atoms. The van der Waals surface area contributed by atoms with Crippen LogP contribution in [0.3, 0.4) is 0 Å². The molecule has 1 unspecified atom stereocenters. The van der Waals surface area contributed by atoms with E-state index >= 15 is 0 Å². The molecule has 0 amide bonds. The fraction of sp³-hybridized carbons (Fsp3) is 0.875. The zero-order chi connectivity index (χ0) is 6.69. The fourth-order valence-electron chi connectivity index (χ4n) is 1.34. The van der Waals surface area contributed by atoms with Crippen molar-refractivity contribution >= 4 is 0 Å². The zero-order valence-corrected chi connectivity index (χ0v) is 6.43. The fourth-order valence-corrected chi connectivity index (χ4v) is 1.34. The molecule has 1 fully saturated rings. The molecule has 0 aromatic carbocycles. The van der Waals surface area contributed by atoms with Crippen LogP contribution in [0.25, 0.3) is 0 Å². The van der Waals surface area contributed by atoms with Gasteiger partial charge < -0.3 is 4.90 Å². The molecule has 0 N–H and O–H groups in total.